The molecule has 0 saturated carbocycles. The molecule has 0 aliphatic carbocycles. The number of nitrogens with zero attached hydrogens (tertiary/aromatic N) is 2. The zero-order valence-electron chi connectivity index (χ0n) is 15.0. The predicted molar refractivity (Wildman–Crippen MR) is 109 cm³/mol. The summed E-state index contributed by atoms with van der Waals surface area (Å²) in [6.45, 7) is 4.25. The van der Waals surface area contributed by atoms with Crippen molar-refractivity contribution < 1.29 is 14.7 Å². The van der Waals surface area contributed by atoms with E-state index in [-0.39, 0.29) is 11.5 Å². The zero-order chi connectivity index (χ0) is 19.6. The van der Waals surface area contributed by atoms with Crippen LogP contribution >= 0.6 is 11.8 Å². The van der Waals surface area contributed by atoms with Gasteiger partial charge in [0.1, 0.15) is 0 Å². The fourth-order valence-corrected chi connectivity index (χ4v) is 3.81. The van der Waals surface area contributed by atoms with E-state index in [9.17, 15) is 9.59 Å². The van der Waals surface area contributed by atoms with Crippen molar-refractivity contribution >= 4 is 45.8 Å². The lowest BCUT2D eigenvalue weighted by molar-refractivity contribution is -0.122. The number of hydrogen-bond donors (Lipinski definition) is 2. The Bertz CT molecular complexity index is 965. The number of nitrogens with two attached hydrogens (primary N) is 1. The monoisotopic (exact) mass is 381 g/mol. The van der Waals surface area contributed by atoms with E-state index in [1.165, 1.54) is 23.9 Å². The smallest absolute Gasteiger partial charge is 0.335 e. The van der Waals surface area contributed by atoms with Gasteiger partial charge in [-0.25, -0.2) is 9.79 Å². The van der Waals surface area contributed by atoms with Crippen molar-refractivity contribution in [1.29, 1.82) is 0 Å². The van der Waals surface area contributed by atoms with Gasteiger partial charge in [0.05, 0.1) is 16.2 Å². The Morgan fingerprint density at radius 1 is 1.19 bits per heavy atom. The molecule has 6 nitrogen and oxygen atoms in total. The Morgan fingerprint density at radius 3 is 2.52 bits per heavy atom. The van der Waals surface area contributed by atoms with Crippen LogP contribution in [0.15, 0.2) is 58.4 Å². The summed E-state index contributed by atoms with van der Waals surface area (Å²) in [5.41, 5.74) is 8.83. The zero-order valence-corrected chi connectivity index (χ0v) is 15.8. The van der Waals surface area contributed by atoms with Gasteiger partial charge >= 0.3 is 5.97 Å². The second-order valence-corrected chi connectivity index (χ2v) is 6.95. The highest BCUT2D eigenvalue weighted by atomic mass is 32.2. The number of amides is 1. The first-order valence-electron chi connectivity index (χ1n) is 8.39. The van der Waals surface area contributed by atoms with E-state index in [1.54, 1.807) is 29.2 Å². The molecule has 2 aromatic rings. The summed E-state index contributed by atoms with van der Waals surface area (Å²) < 4.78 is 0. The van der Waals surface area contributed by atoms with E-state index in [2.05, 4.69) is 4.99 Å². The number of anilines is 1. The molecule has 2 aromatic carbocycles. The van der Waals surface area contributed by atoms with Crippen LogP contribution < -0.4 is 5.73 Å². The lowest BCUT2D eigenvalue weighted by Crippen LogP contribution is -2.28. The number of aromatic carboxylic acids is 1. The molecule has 0 radical (unpaired) electrons. The second kappa shape index (κ2) is 7.67. The fourth-order valence-electron chi connectivity index (χ4n) is 2.68. The van der Waals surface area contributed by atoms with Crippen molar-refractivity contribution in [3.05, 3.63) is 64.6 Å². The third kappa shape index (κ3) is 3.88. The van der Waals surface area contributed by atoms with Gasteiger partial charge in [0, 0.05) is 12.2 Å². The summed E-state index contributed by atoms with van der Waals surface area (Å²) in [5.74, 6) is -1.12. The normalized spacial score (nSPS) is 17.5. The van der Waals surface area contributed by atoms with Crippen LogP contribution in [0.1, 0.15) is 29.8 Å². The Kier molecular flexibility index (Phi) is 5.32. The van der Waals surface area contributed by atoms with E-state index >= 15 is 0 Å². The standard InChI is InChI=1S/C20H19N3O3S/c1-3-23-18(24)17(12(2)13-7-9-15(21)10-8-13)27-20(23)22-16-6-4-5-14(11-16)19(25)26/h4-11H,3,21H2,1-2H3,(H,25,26)/b17-12-,22-20?. The summed E-state index contributed by atoms with van der Waals surface area (Å²) in [5, 5.41) is 9.67. The number of thioether (sulfide) groups is 1. The lowest BCUT2D eigenvalue weighted by atomic mass is 10.1. The largest absolute Gasteiger partial charge is 0.478 e. The highest BCUT2D eigenvalue weighted by Gasteiger charge is 2.34. The van der Waals surface area contributed by atoms with Gasteiger partial charge in [0.25, 0.3) is 5.91 Å². The average molecular weight is 381 g/mol. The maximum absolute atomic E-state index is 12.8. The van der Waals surface area contributed by atoms with E-state index in [0.717, 1.165) is 11.1 Å². The molecular weight excluding hydrogens is 362 g/mol. The molecule has 1 saturated heterocycles. The number of nitrogen functional groups attached to an aromatic ring is 1. The SMILES string of the molecule is CCN1C(=O)/C(=C(\C)c2ccc(N)cc2)SC1=Nc1cccc(C(=O)O)c1. The van der Waals surface area contributed by atoms with Crippen LogP contribution in [0, 0.1) is 0 Å². The number of carbonyl (C=O) groups excluding carboxylic acids is 1. The molecule has 3 rings (SSSR count). The Hall–Kier alpha value is -3.06. The number of amidine groups is 1. The van der Waals surface area contributed by atoms with E-state index in [0.29, 0.717) is 28.0 Å². The van der Waals surface area contributed by atoms with Crippen LogP contribution in [0.5, 0.6) is 0 Å². The minimum Gasteiger partial charge on any atom is -0.478 e. The number of carboxylic acid groups (broad SMARTS) is 1. The Labute approximate surface area is 161 Å². The number of aliphatic imine (C=N–C) groups is 1. The van der Waals surface area contributed by atoms with Gasteiger partial charge in [0.2, 0.25) is 0 Å². The first-order chi connectivity index (χ1) is 12.9. The van der Waals surface area contributed by atoms with E-state index in [1.807, 2.05) is 26.0 Å². The second-order valence-electron chi connectivity index (χ2n) is 5.98. The number of benzene rings is 2. The summed E-state index contributed by atoms with van der Waals surface area (Å²) in [4.78, 5) is 30.7. The van der Waals surface area contributed by atoms with Gasteiger partial charge in [-0.05, 0) is 67.1 Å². The summed E-state index contributed by atoms with van der Waals surface area (Å²) in [6.07, 6.45) is 0. The summed E-state index contributed by atoms with van der Waals surface area (Å²) >= 11 is 1.30. The van der Waals surface area contributed by atoms with Crippen LogP contribution in [-0.4, -0.2) is 33.6 Å². The van der Waals surface area contributed by atoms with Crippen molar-refractivity contribution in [2.75, 3.05) is 12.3 Å². The molecule has 0 aromatic heterocycles. The van der Waals surface area contributed by atoms with Gasteiger partial charge in [0.15, 0.2) is 5.17 Å². The Morgan fingerprint density at radius 2 is 1.89 bits per heavy atom. The van der Waals surface area contributed by atoms with Crippen molar-refractivity contribution in [1.82, 2.24) is 4.90 Å². The maximum Gasteiger partial charge on any atom is 0.335 e. The van der Waals surface area contributed by atoms with Crippen molar-refractivity contribution in [3.8, 4) is 0 Å². The minimum atomic E-state index is -1.01. The van der Waals surface area contributed by atoms with Crippen LogP contribution in [0.25, 0.3) is 5.57 Å². The molecule has 1 fully saturated rings. The molecule has 1 aliphatic rings. The number of carboxylic acids is 1. The van der Waals surface area contributed by atoms with Crippen molar-refractivity contribution in [2.24, 2.45) is 4.99 Å². The molecular formula is C20H19N3O3S. The third-order valence-corrected chi connectivity index (χ3v) is 5.36. The first-order valence-corrected chi connectivity index (χ1v) is 9.21. The van der Waals surface area contributed by atoms with E-state index in [4.69, 9.17) is 10.8 Å². The maximum atomic E-state index is 12.8. The molecule has 0 bridgehead atoms. The average Bonchev–Trinajstić information content (AvgIpc) is 2.97. The van der Waals surface area contributed by atoms with Gasteiger partial charge < -0.3 is 10.8 Å². The fraction of sp³-hybridized carbons (Fsp3) is 0.150. The van der Waals surface area contributed by atoms with Crippen molar-refractivity contribution in [2.45, 2.75) is 13.8 Å². The van der Waals surface area contributed by atoms with Crippen LogP contribution in [0.2, 0.25) is 0 Å². The molecule has 138 valence electrons. The lowest BCUT2D eigenvalue weighted by Gasteiger charge is -2.12. The number of likely N-dealkylation sites (N-methyl/N-ethyl adjacent to an activating group) is 1. The number of carbonyl (C=O) groups is 2. The molecule has 3 N–H and O–H groups in total. The van der Waals surface area contributed by atoms with Gasteiger partial charge in [-0.2, -0.15) is 0 Å². The van der Waals surface area contributed by atoms with Gasteiger partial charge in [-0.3, -0.25) is 9.69 Å². The molecule has 1 heterocycles. The minimum absolute atomic E-state index is 0.107. The highest BCUT2D eigenvalue weighted by molar-refractivity contribution is 8.18. The first kappa shape index (κ1) is 18.7. The molecule has 7 heteroatoms. The van der Waals surface area contributed by atoms with Crippen LogP contribution in [-0.2, 0) is 4.79 Å². The van der Waals surface area contributed by atoms with Gasteiger partial charge in [-0.1, -0.05) is 18.2 Å². The number of hydrogen-bond acceptors (Lipinski definition) is 5. The Balaban J connectivity index is 1.99. The topological polar surface area (TPSA) is 96.0 Å². The molecule has 1 aliphatic heterocycles. The third-order valence-electron chi connectivity index (χ3n) is 4.18. The van der Waals surface area contributed by atoms with E-state index < -0.39 is 5.97 Å². The predicted octanol–water partition coefficient (Wildman–Crippen LogP) is 3.98. The molecule has 0 unspecified atom stereocenters. The van der Waals surface area contributed by atoms with Crippen molar-refractivity contribution in [3.63, 3.8) is 0 Å². The summed E-state index contributed by atoms with van der Waals surface area (Å²) in [7, 11) is 0. The van der Waals surface area contributed by atoms with Crippen LogP contribution in [0.4, 0.5) is 11.4 Å². The molecule has 0 spiro atoms. The number of allylic oxidation sites excluding steroid dienone is 1. The number of rotatable bonds is 4. The molecule has 1 amide bonds. The van der Waals surface area contributed by atoms with Crippen LogP contribution in [0.3, 0.4) is 0 Å². The molecule has 0 atom stereocenters. The highest BCUT2D eigenvalue weighted by Crippen LogP contribution is 2.37. The molecule has 27 heavy (non-hydrogen) atoms. The van der Waals surface area contributed by atoms with Gasteiger partial charge in [-0.15, -0.1) is 0 Å². The quantitative estimate of drug-likeness (QED) is 0.617. The summed E-state index contributed by atoms with van der Waals surface area (Å²) in [6, 6.07) is 13.7.